The van der Waals surface area contributed by atoms with Crippen LogP contribution in [0.4, 0.5) is 0 Å². The van der Waals surface area contributed by atoms with Crippen LogP contribution in [0.15, 0.2) is 12.4 Å². The molecular formula is C11H18N4O. The van der Waals surface area contributed by atoms with Crippen LogP contribution in [0.3, 0.4) is 0 Å². The van der Waals surface area contributed by atoms with Crippen molar-refractivity contribution in [3.05, 3.63) is 18.0 Å². The van der Waals surface area contributed by atoms with Gasteiger partial charge in [-0.1, -0.05) is 0 Å². The molecule has 0 radical (unpaired) electrons. The average molecular weight is 222 g/mol. The number of piperidine rings is 1. The van der Waals surface area contributed by atoms with Crippen molar-refractivity contribution < 1.29 is 4.79 Å². The smallest absolute Gasteiger partial charge is 0.220 e. The summed E-state index contributed by atoms with van der Waals surface area (Å²) in [5, 5.41) is 10.5. The van der Waals surface area contributed by atoms with Crippen LogP contribution in [0, 0.1) is 0 Å². The highest BCUT2D eigenvalue weighted by molar-refractivity contribution is 5.76. The molecule has 5 nitrogen and oxygen atoms in total. The first kappa shape index (κ1) is 11.1. The second kappa shape index (κ2) is 5.12. The number of rotatable bonds is 4. The number of aromatic nitrogens is 2. The van der Waals surface area contributed by atoms with Crippen molar-refractivity contribution in [2.45, 2.75) is 38.9 Å². The Morgan fingerprint density at radius 1 is 1.69 bits per heavy atom. The van der Waals surface area contributed by atoms with E-state index in [0.29, 0.717) is 12.5 Å². The molecule has 1 fully saturated rings. The van der Waals surface area contributed by atoms with Crippen LogP contribution >= 0.6 is 0 Å². The molecular weight excluding hydrogens is 204 g/mol. The normalized spacial score (nSPS) is 20.8. The van der Waals surface area contributed by atoms with Crippen molar-refractivity contribution in [1.29, 1.82) is 0 Å². The van der Waals surface area contributed by atoms with Gasteiger partial charge in [-0.25, -0.2) is 0 Å². The molecule has 1 aromatic heterocycles. The molecule has 2 heterocycles. The molecule has 1 aliphatic heterocycles. The lowest BCUT2D eigenvalue weighted by Crippen LogP contribution is -2.45. The van der Waals surface area contributed by atoms with Crippen molar-refractivity contribution in [2.75, 3.05) is 6.54 Å². The minimum absolute atomic E-state index is 0.164. The van der Waals surface area contributed by atoms with E-state index in [1.165, 1.54) is 5.56 Å². The number of nitrogens with one attached hydrogen (secondary N) is 2. The minimum Gasteiger partial charge on any atom is -0.355 e. The predicted octanol–water partition coefficient (Wildman–Crippen LogP) is 0.271. The van der Waals surface area contributed by atoms with Gasteiger partial charge in [0.1, 0.15) is 0 Å². The van der Waals surface area contributed by atoms with Gasteiger partial charge in [0.2, 0.25) is 5.91 Å². The highest BCUT2D eigenvalue weighted by Crippen LogP contribution is 2.04. The maximum Gasteiger partial charge on any atom is 0.220 e. The molecule has 1 unspecified atom stereocenters. The van der Waals surface area contributed by atoms with E-state index in [1.807, 2.05) is 10.9 Å². The van der Waals surface area contributed by atoms with Gasteiger partial charge < -0.3 is 10.6 Å². The maximum atomic E-state index is 11.0. The van der Waals surface area contributed by atoms with E-state index in [1.54, 1.807) is 0 Å². The molecule has 1 aromatic rings. The van der Waals surface area contributed by atoms with Crippen molar-refractivity contribution in [3.63, 3.8) is 0 Å². The summed E-state index contributed by atoms with van der Waals surface area (Å²) in [5.41, 5.74) is 1.19. The molecule has 0 bridgehead atoms. The lowest BCUT2D eigenvalue weighted by molar-refractivity contribution is -0.122. The number of amides is 1. The Labute approximate surface area is 95.2 Å². The summed E-state index contributed by atoms with van der Waals surface area (Å²) >= 11 is 0. The lowest BCUT2D eigenvalue weighted by atomic mass is 10.1. The highest BCUT2D eigenvalue weighted by atomic mass is 16.1. The van der Waals surface area contributed by atoms with Crippen molar-refractivity contribution >= 4 is 5.91 Å². The second-order valence-electron chi connectivity index (χ2n) is 4.12. The molecule has 16 heavy (non-hydrogen) atoms. The van der Waals surface area contributed by atoms with E-state index >= 15 is 0 Å². The third-order valence-electron chi connectivity index (χ3n) is 2.87. The number of carbonyl (C=O) groups is 1. The molecule has 1 amide bonds. The van der Waals surface area contributed by atoms with E-state index in [4.69, 9.17) is 0 Å². The fourth-order valence-corrected chi connectivity index (χ4v) is 1.84. The minimum atomic E-state index is 0.164. The van der Waals surface area contributed by atoms with Gasteiger partial charge in [-0.2, -0.15) is 5.10 Å². The summed E-state index contributed by atoms with van der Waals surface area (Å²) in [6.07, 6.45) is 5.49. The quantitative estimate of drug-likeness (QED) is 0.769. The topological polar surface area (TPSA) is 59.0 Å². The predicted molar refractivity (Wildman–Crippen MR) is 60.8 cm³/mol. The van der Waals surface area contributed by atoms with Gasteiger partial charge in [0, 0.05) is 43.9 Å². The molecule has 5 heteroatoms. The molecule has 1 saturated heterocycles. The van der Waals surface area contributed by atoms with Crippen LogP contribution in [0.5, 0.6) is 0 Å². The Morgan fingerprint density at radius 3 is 3.19 bits per heavy atom. The van der Waals surface area contributed by atoms with Gasteiger partial charge in [0.05, 0.1) is 6.20 Å². The van der Waals surface area contributed by atoms with Gasteiger partial charge in [0.15, 0.2) is 0 Å². The summed E-state index contributed by atoms with van der Waals surface area (Å²) in [4.78, 5) is 11.0. The summed E-state index contributed by atoms with van der Waals surface area (Å²) < 4.78 is 1.92. The van der Waals surface area contributed by atoms with E-state index in [2.05, 4.69) is 28.9 Å². The van der Waals surface area contributed by atoms with E-state index in [-0.39, 0.29) is 5.91 Å². The van der Waals surface area contributed by atoms with Crippen LogP contribution in [0.1, 0.15) is 25.3 Å². The van der Waals surface area contributed by atoms with E-state index in [0.717, 1.165) is 26.1 Å². The summed E-state index contributed by atoms with van der Waals surface area (Å²) in [5.74, 6) is 0.164. The van der Waals surface area contributed by atoms with Gasteiger partial charge in [-0.15, -0.1) is 0 Å². The van der Waals surface area contributed by atoms with Crippen molar-refractivity contribution in [1.82, 2.24) is 20.4 Å². The third kappa shape index (κ3) is 2.82. The zero-order chi connectivity index (χ0) is 11.4. The first-order chi connectivity index (χ1) is 7.78. The maximum absolute atomic E-state index is 11.0. The largest absolute Gasteiger partial charge is 0.355 e. The van der Waals surface area contributed by atoms with Crippen LogP contribution in [-0.4, -0.2) is 28.3 Å². The molecule has 1 aliphatic rings. The molecule has 0 spiro atoms. The Balaban J connectivity index is 1.76. The Bertz CT molecular complexity index is 351. The zero-order valence-electron chi connectivity index (χ0n) is 9.57. The highest BCUT2D eigenvalue weighted by Gasteiger charge is 2.17. The molecule has 0 aliphatic carbocycles. The second-order valence-corrected chi connectivity index (χ2v) is 4.12. The number of hydrogen-bond acceptors (Lipinski definition) is 3. The Kier molecular flexibility index (Phi) is 3.56. The van der Waals surface area contributed by atoms with Gasteiger partial charge >= 0.3 is 0 Å². The number of aryl methyl sites for hydroxylation is 1. The number of nitrogens with zero attached hydrogens (tertiary/aromatic N) is 2. The van der Waals surface area contributed by atoms with E-state index < -0.39 is 0 Å². The van der Waals surface area contributed by atoms with Gasteiger partial charge in [-0.3, -0.25) is 9.48 Å². The third-order valence-corrected chi connectivity index (χ3v) is 2.87. The van der Waals surface area contributed by atoms with Crippen LogP contribution in [0.25, 0.3) is 0 Å². The first-order valence-corrected chi connectivity index (χ1v) is 5.79. The summed E-state index contributed by atoms with van der Waals surface area (Å²) in [6.45, 7) is 4.53. The van der Waals surface area contributed by atoms with Gasteiger partial charge in [-0.05, 0) is 13.3 Å². The molecule has 88 valence electrons. The van der Waals surface area contributed by atoms with Crippen molar-refractivity contribution in [3.8, 4) is 0 Å². The zero-order valence-corrected chi connectivity index (χ0v) is 9.57. The van der Waals surface area contributed by atoms with Crippen LogP contribution in [-0.2, 0) is 17.9 Å². The molecule has 2 rings (SSSR count). The Hall–Kier alpha value is -1.36. The van der Waals surface area contributed by atoms with E-state index in [9.17, 15) is 4.79 Å². The average Bonchev–Trinajstić information content (AvgIpc) is 2.76. The fourth-order valence-electron chi connectivity index (χ4n) is 1.84. The molecule has 0 saturated carbocycles. The molecule has 2 N–H and O–H groups in total. The fraction of sp³-hybridized carbons (Fsp3) is 0.636. The first-order valence-electron chi connectivity index (χ1n) is 5.79. The number of carbonyl (C=O) groups excluding carboxylic acids is 1. The number of hydrogen-bond donors (Lipinski definition) is 2. The summed E-state index contributed by atoms with van der Waals surface area (Å²) in [6, 6.07) is 0.391. The molecule has 0 aromatic carbocycles. The lowest BCUT2D eigenvalue weighted by Gasteiger charge is -2.23. The van der Waals surface area contributed by atoms with Crippen LogP contribution < -0.4 is 10.6 Å². The van der Waals surface area contributed by atoms with Gasteiger partial charge in [0.25, 0.3) is 0 Å². The monoisotopic (exact) mass is 222 g/mol. The molecule has 1 atom stereocenters. The van der Waals surface area contributed by atoms with Crippen LogP contribution in [0.2, 0.25) is 0 Å². The standard InChI is InChI=1S/C11H18N4O/c1-2-15-8-9(6-14-15)5-12-10-3-4-11(16)13-7-10/h6,8,10,12H,2-5,7H2,1H3,(H,13,16). The Morgan fingerprint density at radius 2 is 2.56 bits per heavy atom. The van der Waals surface area contributed by atoms with Crippen molar-refractivity contribution in [2.24, 2.45) is 0 Å². The SMILES string of the molecule is CCn1cc(CNC2CCC(=O)NC2)cn1. The summed E-state index contributed by atoms with van der Waals surface area (Å²) in [7, 11) is 0.